The van der Waals surface area contributed by atoms with Gasteiger partial charge in [0, 0.05) is 6.42 Å². The zero-order valence-electron chi connectivity index (χ0n) is 17.9. The second-order valence-corrected chi connectivity index (χ2v) is 11.4. The Bertz CT molecular complexity index is 605. The monoisotopic (exact) mass is 392 g/mol. The molecule has 28 heavy (non-hydrogen) atoms. The van der Waals surface area contributed by atoms with Crippen LogP contribution in [0.15, 0.2) is 0 Å². The highest BCUT2D eigenvalue weighted by atomic mass is 16.4. The average Bonchev–Trinajstić information content (AvgIpc) is 2.98. The molecule has 0 spiro atoms. The molecular weight excluding hydrogens is 352 g/mol. The molecule has 4 fully saturated rings. The highest BCUT2D eigenvalue weighted by Crippen LogP contribution is 2.68. The molecule has 4 saturated carbocycles. The number of aliphatic hydroxyl groups is 2. The molecule has 0 radical (unpaired) electrons. The van der Waals surface area contributed by atoms with Gasteiger partial charge in [0.15, 0.2) is 0 Å². The first-order valence-corrected chi connectivity index (χ1v) is 11.7. The summed E-state index contributed by atoms with van der Waals surface area (Å²) in [6, 6.07) is 0. The molecular formula is C24H40O4. The van der Waals surface area contributed by atoms with Crippen molar-refractivity contribution in [1.82, 2.24) is 0 Å². The molecule has 4 aliphatic rings. The molecule has 10 atom stereocenters. The maximum absolute atomic E-state index is 11.2. The third-order valence-electron chi connectivity index (χ3n) is 10.2. The van der Waals surface area contributed by atoms with Gasteiger partial charge in [0.05, 0.1) is 12.2 Å². The van der Waals surface area contributed by atoms with Crippen LogP contribution in [0.5, 0.6) is 0 Å². The van der Waals surface area contributed by atoms with E-state index in [4.69, 9.17) is 5.11 Å². The fourth-order valence-electron chi connectivity index (χ4n) is 8.73. The van der Waals surface area contributed by atoms with Crippen molar-refractivity contribution in [2.75, 3.05) is 0 Å². The highest BCUT2D eigenvalue weighted by Gasteiger charge is 2.62. The molecule has 4 nitrogen and oxygen atoms in total. The molecule has 0 heterocycles. The largest absolute Gasteiger partial charge is 0.481 e. The Labute approximate surface area is 170 Å². The Hall–Kier alpha value is -0.610. The summed E-state index contributed by atoms with van der Waals surface area (Å²) in [7, 11) is 0. The van der Waals surface area contributed by atoms with E-state index in [0.29, 0.717) is 35.5 Å². The number of hydrogen-bond acceptors (Lipinski definition) is 3. The van der Waals surface area contributed by atoms with Gasteiger partial charge in [-0.3, -0.25) is 4.79 Å². The minimum absolute atomic E-state index is 0.179. The quantitative estimate of drug-likeness (QED) is 0.659. The Balaban J connectivity index is 1.55. The van der Waals surface area contributed by atoms with E-state index in [1.54, 1.807) is 0 Å². The summed E-state index contributed by atoms with van der Waals surface area (Å²) in [5.74, 6) is 2.36. The maximum atomic E-state index is 11.2. The molecule has 0 aromatic heterocycles. The van der Waals surface area contributed by atoms with E-state index in [0.717, 1.165) is 32.1 Å². The van der Waals surface area contributed by atoms with Crippen LogP contribution in [0.25, 0.3) is 0 Å². The molecule has 0 bridgehead atoms. The summed E-state index contributed by atoms with van der Waals surface area (Å²) in [5, 5.41) is 30.5. The van der Waals surface area contributed by atoms with Crippen molar-refractivity contribution >= 4 is 5.97 Å². The second-order valence-electron chi connectivity index (χ2n) is 11.4. The average molecular weight is 393 g/mol. The molecule has 160 valence electrons. The molecule has 3 N–H and O–H groups in total. The lowest BCUT2D eigenvalue weighted by Crippen LogP contribution is -2.58. The van der Waals surface area contributed by atoms with E-state index < -0.39 is 5.97 Å². The normalized spacial score (nSPS) is 51.7. The molecule has 0 unspecified atom stereocenters. The Morgan fingerprint density at radius 3 is 2.39 bits per heavy atom. The van der Waals surface area contributed by atoms with Gasteiger partial charge in [-0.15, -0.1) is 0 Å². The molecule has 0 aliphatic heterocycles. The lowest BCUT2D eigenvalue weighted by atomic mass is 9.43. The molecule has 4 rings (SSSR count). The van der Waals surface area contributed by atoms with Crippen molar-refractivity contribution in [2.24, 2.45) is 46.3 Å². The fraction of sp³-hybridized carbons (Fsp3) is 0.958. The van der Waals surface area contributed by atoms with Crippen molar-refractivity contribution in [3.63, 3.8) is 0 Å². The van der Waals surface area contributed by atoms with Crippen molar-refractivity contribution in [1.29, 1.82) is 0 Å². The van der Waals surface area contributed by atoms with Gasteiger partial charge in [-0.2, -0.15) is 0 Å². The Morgan fingerprint density at radius 2 is 1.68 bits per heavy atom. The van der Waals surface area contributed by atoms with Crippen molar-refractivity contribution in [3.8, 4) is 0 Å². The number of carboxylic acid groups (broad SMARTS) is 1. The second kappa shape index (κ2) is 7.27. The van der Waals surface area contributed by atoms with Gasteiger partial charge in [0.1, 0.15) is 0 Å². The minimum Gasteiger partial charge on any atom is -0.481 e. The number of carboxylic acids is 1. The number of carbonyl (C=O) groups is 1. The summed E-state index contributed by atoms with van der Waals surface area (Å²) >= 11 is 0. The third kappa shape index (κ3) is 3.14. The van der Waals surface area contributed by atoms with Crippen molar-refractivity contribution in [3.05, 3.63) is 0 Å². The summed E-state index contributed by atoms with van der Waals surface area (Å²) in [4.78, 5) is 11.1. The van der Waals surface area contributed by atoms with Crippen LogP contribution in [0, 0.1) is 46.3 Å². The van der Waals surface area contributed by atoms with Crippen LogP contribution >= 0.6 is 0 Å². The van der Waals surface area contributed by atoms with Crippen LogP contribution in [0.2, 0.25) is 0 Å². The first-order valence-electron chi connectivity index (χ1n) is 11.7. The highest BCUT2D eigenvalue weighted by molar-refractivity contribution is 5.66. The predicted octanol–water partition coefficient (Wildman–Crippen LogP) is 4.48. The molecule has 0 saturated heterocycles. The van der Waals surface area contributed by atoms with Gasteiger partial charge in [-0.25, -0.2) is 0 Å². The van der Waals surface area contributed by atoms with Crippen LogP contribution in [-0.2, 0) is 4.79 Å². The van der Waals surface area contributed by atoms with Gasteiger partial charge < -0.3 is 15.3 Å². The molecule has 0 aromatic rings. The van der Waals surface area contributed by atoms with Crippen LogP contribution in [0.1, 0.15) is 85.0 Å². The topological polar surface area (TPSA) is 77.8 Å². The Kier molecular flexibility index (Phi) is 5.36. The molecule has 0 aromatic carbocycles. The maximum Gasteiger partial charge on any atom is 0.303 e. The van der Waals surface area contributed by atoms with E-state index in [-0.39, 0.29) is 29.5 Å². The molecule has 0 amide bonds. The molecule has 4 aliphatic carbocycles. The van der Waals surface area contributed by atoms with E-state index in [2.05, 4.69) is 20.8 Å². The first kappa shape index (κ1) is 20.7. The lowest BCUT2D eigenvalue weighted by Gasteiger charge is -2.62. The predicted molar refractivity (Wildman–Crippen MR) is 109 cm³/mol. The number of aliphatic hydroxyl groups excluding tert-OH is 2. The standard InChI is InChI=1S/C24H40O4/c1-14(4-7-21(27)28)17-5-6-18-22-19(9-11-24(17,18)3)23(2)10-8-16(25)12-15(23)13-20(22)26/h14-20,22,25-26H,4-13H2,1-3H3,(H,27,28)/t14-,15-,16+,17+,18+,19-,20-,22+,23-,24+/m0/s1. The summed E-state index contributed by atoms with van der Waals surface area (Å²) in [5.41, 5.74) is 0.523. The van der Waals surface area contributed by atoms with E-state index >= 15 is 0 Å². The third-order valence-corrected chi connectivity index (χ3v) is 10.2. The van der Waals surface area contributed by atoms with Gasteiger partial charge in [-0.05, 0) is 104 Å². The van der Waals surface area contributed by atoms with Gasteiger partial charge in [0.2, 0.25) is 0 Å². The first-order chi connectivity index (χ1) is 13.2. The van der Waals surface area contributed by atoms with Gasteiger partial charge >= 0.3 is 5.97 Å². The summed E-state index contributed by atoms with van der Waals surface area (Å²) < 4.78 is 0. The van der Waals surface area contributed by atoms with Crippen LogP contribution in [-0.4, -0.2) is 33.5 Å². The zero-order valence-corrected chi connectivity index (χ0v) is 17.9. The van der Waals surface area contributed by atoms with E-state index in [9.17, 15) is 15.0 Å². The van der Waals surface area contributed by atoms with Crippen LogP contribution in [0.4, 0.5) is 0 Å². The van der Waals surface area contributed by atoms with Crippen molar-refractivity contribution < 1.29 is 20.1 Å². The fourth-order valence-corrected chi connectivity index (χ4v) is 8.73. The number of hydrogen-bond donors (Lipinski definition) is 3. The zero-order chi connectivity index (χ0) is 20.3. The molecule has 4 heteroatoms. The number of fused-ring (bicyclic) bond motifs is 5. The Morgan fingerprint density at radius 1 is 1.00 bits per heavy atom. The van der Waals surface area contributed by atoms with E-state index in [1.807, 2.05) is 0 Å². The summed E-state index contributed by atoms with van der Waals surface area (Å²) in [6.07, 6.45) is 9.19. The minimum atomic E-state index is -0.684. The van der Waals surface area contributed by atoms with Crippen molar-refractivity contribution in [2.45, 2.75) is 97.2 Å². The summed E-state index contributed by atoms with van der Waals surface area (Å²) in [6.45, 7) is 7.16. The van der Waals surface area contributed by atoms with E-state index in [1.165, 1.54) is 25.7 Å². The van der Waals surface area contributed by atoms with Crippen LogP contribution in [0.3, 0.4) is 0 Å². The van der Waals surface area contributed by atoms with Crippen LogP contribution < -0.4 is 0 Å². The van der Waals surface area contributed by atoms with Gasteiger partial charge in [-0.1, -0.05) is 20.8 Å². The van der Waals surface area contributed by atoms with Gasteiger partial charge in [0.25, 0.3) is 0 Å². The lowest BCUT2D eigenvalue weighted by molar-refractivity contribution is -0.174. The number of rotatable bonds is 4. The smallest absolute Gasteiger partial charge is 0.303 e. The number of aliphatic carboxylic acids is 1. The SMILES string of the molecule is C[C@@H](CCC(=O)O)[C@H]1CC[C@@H]2[C@H]3[C@@H](O)C[C@@H]4C[C@H](O)CC[C@]4(C)[C@H]3CC[C@@]21C.